The topological polar surface area (TPSA) is 81.2 Å². The van der Waals surface area contributed by atoms with Gasteiger partial charge in [0.25, 0.3) is 0 Å². The zero-order valence-corrected chi connectivity index (χ0v) is 12.7. The van der Waals surface area contributed by atoms with Gasteiger partial charge >= 0.3 is 0 Å². The Balaban J connectivity index is 1.99. The molecule has 0 bridgehead atoms. The Labute approximate surface area is 125 Å². The number of anilines is 1. The molecule has 0 radical (unpaired) electrons. The van der Waals surface area contributed by atoms with E-state index in [1.54, 1.807) is 12.3 Å². The van der Waals surface area contributed by atoms with Gasteiger partial charge in [0.2, 0.25) is 0 Å². The van der Waals surface area contributed by atoms with E-state index in [1.807, 2.05) is 6.07 Å². The highest BCUT2D eigenvalue weighted by Crippen LogP contribution is 2.18. The SMILES string of the molecule is CN(C)CCN1CCN(c2ncccc2C(N)=NO)CC1. The van der Waals surface area contributed by atoms with E-state index in [0.29, 0.717) is 5.56 Å². The van der Waals surface area contributed by atoms with Crippen LogP contribution in [-0.2, 0) is 0 Å². The molecule has 7 heteroatoms. The van der Waals surface area contributed by atoms with Gasteiger partial charge in [-0.2, -0.15) is 0 Å². The lowest BCUT2D eigenvalue weighted by Gasteiger charge is -2.36. The van der Waals surface area contributed by atoms with Crippen molar-refractivity contribution in [2.45, 2.75) is 0 Å². The Morgan fingerprint density at radius 2 is 2.10 bits per heavy atom. The van der Waals surface area contributed by atoms with Gasteiger partial charge in [0, 0.05) is 45.5 Å². The van der Waals surface area contributed by atoms with E-state index in [4.69, 9.17) is 10.9 Å². The van der Waals surface area contributed by atoms with Crippen LogP contribution >= 0.6 is 0 Å². The average Bonchev–Trinajstić information content (AvgIpc) is 2.52. The molecule has 1 saturated heterocycles. The molecule has 0 unspecified atom stereocenters. The van der Waals surface area contributed by atoms with E-state index in [-0.39, 0.29) is 5.84 Å². The van der Waals surface area contributed by atoms with Crippen LogP contribution in [-0.4, -0.2) is 79.2 Å². The van der Waals surface area contributed by atoms with Crippen LogP contribution in [0, 0.1) is 0 Å². The van der Waals surface area contributed by atoms with E-state index >= 15 is 0 Å². The van der Waals surface area contributed by atoms with E-state index in [9.17, 15) is 0 Å². The van der Waals surface area contributed by atoms with E-state index in [1.165, 1.54) is 0 Å². The van der Waals surface area contributed by atoms with Gasteiger partial charge < -0.3 is 20.7 Å². The first kappa shape index (κ1) is 15.5. The Hall–Kier alpha value is -1.86. The zero-order valence-electron chi connectivity index (χ0n) is 12.7. The van der Waals surface area contributed by atoms with Crippen LogP contribution < -0.4 is 10.6 Å². The summed E-state index contributed by atoms with van der Waals surface area (Å²) in [5, 5.41) is 12.0. The number of hydrogen-bond donors (Lipinski definition) is 2. The smallest absolute Gasteiger partial charge is 0.173 e. The second-order valence-electron chi connectivity index (χ2n) is 5.49. The Bertz CT molecular complexity index is 482. The maximum Gasteiger partial charge on any atom is 0.173 e. The third-order valence-electron chi connectivity index (χ3n) is 3.71. The van der Waals surface area contributed by atoms with Gasteiger partial charge in [-0.25, -0.2) is 4.98 Å². The van der Waals surface area contributed by atoms with Gasteiger partial charge in [-0.15, -0.1) is 0 Å². The van der Waals surface area contributed by atoms with Crippen LogP contribution in [0.2, 0.25) is 0 Å². The number of amidine groups is 1. The fourth-order valence-electron chi connectivity index (χ4n) is 2.43. The number of oxime groups is 1. The second kappa shape index (κ2) is 7.24. The van der Waals surface area contributed by atoms with Crippen LogP contribution in [0.1, 0.15) is 5.56 Å². The van der Waals surface area contributed by atoms with Crippen molar-refractivity contribution in [3.05, 3.63) is 23.9 Å². The minimum absolute atomic E-state index is 0.105. The van der Waals surface area contributed by atoms with Crippen molar-refractivity contribution in [2.24, 2.45) is 10.9 Å². The Morgan fingerprint density at radius 3 is 2.71 bits per heavy atom. The summed E-state index contributed by atoms with van der Waals surface area (Å²) >= 11 is 0. The van der Waals surface area contributed by atoms with Gasteiger partial charge in [0.15, 0.2) is 5.84 Å². The lowest BCUT2D eigenvalue weighted by molar-refractivity contribution is 0.229. The highest BCUT2D eigenvalue weighted by Gasteiger charge is 2.21. The Morgan fingerprint density at radius 1 is 1.38 bits per heavy atom. The Kier molecular flexibility index (Phi) is 5.35. The molecule has 0 saturated carbocycles. The predicted molar refractivity (Wildman–Crippen MR) is 84.0 cm³/mol. The molecule has 0 aliphatic carbocycles. The molecule has 2 heterocycles. The summed E-state index contributed by atoms with van der Waals surface area (Å²) in [4.78, 5) is 11.2. The maximum atomic E-state index is 8.88. The first-order valence-electron chi connectivity index (χ1n) is 7.16. The van der Waals surface area contributed by atoms with E-state index in [2.05, 4.69) is 38.9 Å². The van der Waals surface area contributed by atoms with E-state index < -0.39 is 0 Å². The molecular formula is C14H24N6O. The number of aromatic nitrogens is 1. The third kappa shape index (κ3) is 4.05. The summed E-state index contributed by atoms with van der Waals surface area (Å²) in [7, 11) is 4.18. The standard InChI is InChI=1S/C14H24N6O/c1-18(2)6-7-19-8-10-20(11-9-19)14-12(13(15)17-21)4-3-5-16-14/h3-5,21H,6-11H2,1-2H3,(H2,15,17). The van der Waals surface area contributed by atoms with Crippen LogP contribution in [0.4, 0.5) is 5.82 Å². The highest BCUT2D eigenvalue weighted by molar-refractivity contribution is 6.01. The molecule has 1 aliphatic heterocycles. The number of nitrogens with two attached hydrogens (primary N) is 1. The number of likely N-dealkylation sites (N-methyl/N-ethyl adjacent to an activating group) is 1. The largest absolute Gasteiger partial charge is 0.409 e. The molecule has 1 aromatic heterocycles. The zero-order chi connectivity index (χ0) is 15.2. The van der Waals surface area contributed by atoms with Crippen molar-refractivity contribution >= 4 is 11.7 Å². The summed E-state index contributed by atoms with van der Waals surface area (Å²) in [6.07, 6.45) is 1.74. The van der Waals surface area contributed by atoms with Crippen molar-refractivity contribution in [1.82, 2.24) is 14.8 Å². The molecular weight excluding hydrogens is 268 g/mol. The van der Waals surface area contributed by atoms with Gasteiger partial charge in [0.05, 0.1) is 5.56 Å². The average molecular weight is 292 g/mol. The second-order valence-corrected chi connectivity index (χ2v) is 5.49. The summed E-state index contributed by atoms with van der Waals surface area (Å²) in [6, 6.07) is 3.63. The molecule has 1 aliphatic rings. The van der Waals surface area contributed by atoms with Gasteiger partial charge in [-0.05, 0) is 26.2 Å². The van der Waals surface area contributed by atoms with Crippen LogP contribution in [0.25, 0.3) is 0 Å². The number of pyridine rings is 1. The van der Waals surface area contributed by atoms with Crippen molar-refractivity contribution in [3.63, 3.8) is 0 Å². The molecule has 21 heavy (non-hydrogen) atoms. The molecule has 1 aromatic rings. The molecule has 0 aromatic carbocycles. The van der Waals surface area contributed by atoms with Crippen LogP contribution in [0.3, 0.4) is 0 Å². The molecule has 1 fully saturated rings. The van der Waals surface area contributed by atoms with Gasteiger partial charge in [-0.1, -0.05) is 5.16 Å². The number of piperazine rings is 1. The lowest BCUT2D eigenvalue weighted by atomic mass is 10.2. The van der Waals surface area contributed by atoms with Crippen molar-refractivity contribution in [3.8, 4) is 0 Å². The minimum atomic E-state index is 0.105. The number of nitrogens with zero attached hydrogens (tertiary/aromatic N) is 5. The first-order chi connectivity index (χ1) is 10.1. The van der Waals surface area contributed by atoms with Crippen LogP contribution in [0.15, 0.2) is 23.5 Å². The predicted octanol–water partition coefficient (Wildman–Crippen LogP) is -0.140. The lowest BCUT2D eigenvalue weighted by Crippen LogP contribution is -2.48. The molecule has 2 rings (SSSR count). The van der Waals surface area contributed by atoms with Gasteiger partial charge in [-0.3, -0.25) is 4.90 Å². The minimum Gasteiger partial charge on any atom is -0.409 e. The quantitative estimate of drug-likeness (QED) is 0.340. The monoisotopic (exact) mass is 292 g/mol. The molecule has 0 atom stereocenters. The number of rotatable bonds is 5. The van der Waals surface area contributed by atoms with Crippen LogP contribution in [0.5, 0.6) is 0 Å². The summed E-state index contributed by atoms with van der Waals surface area (Å²) < 4.78 is 0. The fraction of sp³-hybridized carbons (Fsp3) is 0.571. The fourth-order valence-corrected chi connectivity index (χ4v) is 2.43. The molecule has 0 amide bonds. The van der Waals surface area contributed by atoms with Crippen molar-refractivity contribution in [1.29, 1.82) is 0 Å². The molecule has 7 nitrogen and oxygen atoms in total. The number of hydrogen-bond acceptors (Lipinski definition) is 6. The molecule has 116 valence electrons. The molecule has 0 spiro atoms. The molecule has 3 N–H and O–H groups in total. The maximum absolute atomic E-state index is 8.88. The third-order valence-corrected chi connectivity index (χ3v) is 3.71. The van der Waals surface area contributed by atoms with Crippen molar-refractivity contribution < 1.29 is 5.21 Å². The van der Waals surface area contributed by atoms with Gasteiger partial charge in [0.1, 0.15) is 5.82 Å². The van der Waals surface area contributed by atoms with E-state index in [0.717, 1.165) is 45.1 Å². The summed E-state index contributed by atoms with van der Waals surface area (Å²) in [5.74, 6) is 0.896. The first-order valence-corrected chi connectivity index (χ1v) is 7.16. The summed E-state index contributed by atoms with van der Waals surface area (Å²) in [5.41, 5.74) is 6.41. The normalized spacial score (nSPS) is 17.5. The summed E-state index contributed by atoms with van der Waals surface area (Å²) in [6.45, 7) is 5.95. The highest BCUT2D eigenvalue weighted by atomic mass is 16.4. The van der Waals surface area contributed by atoms with Crippen molar-refractivity contribution in [2.75, 3.05) is 58.3 Å².